The average Bonchev–Trinajstić information content (AvgIpc) is 3.65. The van der Waals surface area contributed by atoms with Gasteiger partial charge in [-0.2, -0.15) is 0 Å². The van der Waals surface area contributed by atoms with E-state index in [0.717, 1.165) is 6.42 Å². The van der Waals surface area contributed by atoms with Crippen molar-refractivity contribution in [2.75, 3.05) is 13.7 Å². The minimum absolute atomic E-state index is 0.0422. The molecule has 0 aromatic heterocycles. The molecule has 2 aliphatic heterocycles. The van der Waals surface area contributed by atoms with Crippen molar-refractivity contribution < 1.29 is 33.4 Å². The molecule has 1 unspecified atom stereocenters. The number of rotatable bonds is 7. The van der Waals surface area contributed by atoms with Crippen LogP contribution in [0.5, 0.6) is 5.75 Å². The summed E-state index contributed by atoms with van der Waals surface area (Å²) >= 11 is 0. The molecule has 9 heteroatoms. The Labute approximate surface area is 186 Å². The number of carbonyl (C=O) groups excluding carboxylic acids is 1. The zero-order valence-electron chi connectivity index (χ0n) is 18.7. The van der Waals surface area contributed by atoms with E-state index in [0.29, 0.717) is 18.9 Å². The monoisotopic (exact) mass is 447 g/mol. The summed E-state index contributed by atoms with van der Waals surface area (Å²) in [7, 11) is 1.60. The summed E-state index contributed by atoms with van der Waals surface area (Å²) in [5.74, 6) is 0.484. The molecule has 6 atom stereocenters. The highest BCUT2D eigenvalue weighted by Gasteiger charge is 2.72. The number of epoxide rings is 2. The minimum atomic E-state index is -0.879. The van der Waals surface area contributed by atoms with E-state index in [9.17, 15) is 14.9 Å². The first kappa shape index (κ1) is 22.7. The molecule has 174 valence electrons. The van der Waals surface area contributed by atoms with Gasteiger partial charge in [-0.3, -0.25) is 10.1 Å². The van der Waals surface area contributed by atoms with Crippen molar-refractivity contribution >= 4 is 11.8 Å². The Kier molecular flexibility index (Phi) is 6.00. The van der Waals surface area contributed by atoms with Crippen molar-refractivity contribution in [2.24, 2.45) is 11.8 Å². The van der Waals surface area contributed by atoms with Crippen molar-refractivity contribution in [1.29, 1.82) is 0 Å². The number of hydrogen-bond acceptors (Lipinski definition) is 8. The van der Waals surface area contributed by atoms with Crippen molar-refractivity contribution in [3.05, 3.63) is 46.5 Å². The van der Waals surface area contributed by atoms with Crippen LogP contribution < -0.4 is 4.74 Å². The van der Waals surface area contributed by atoms with Gasteiger partial charge in [-0.25, -0.2) is 4.79 Å². The molecule has 0 bridgehead atoms. The lowest BCUT2D eigenvalue weighted by Crippen LogP contribution is -2.55. The van der Waals surface area contributed by atoms with E-state index in [1.54, 1.807) is 7.11 Å². The van der Waals surface area contributed by atoms with Crippen LogP contribution in [0, 0.1) is 22.0 Å². The standard InChI is InChI=1S/C23H29NO8/c1-14(2)5-10-18-22(3,32-18)20-19(28-4)17(11-12-23(20)13-29-23)31-21(25)30-16-8-6-15(7-9-16)24(26)27/h5-10,14,17-20H,11-13H2,1-4H3/b10-5+/t17-,18-,19-,20?,22+,23+/m1/s1. The lowest BCUT2D eigenvalue weighted by atomic mass is 9.68. The van der Waals surface area contributed by atoms with Gasteiger partial charge in [-0.1, -0.05) is 26.0 Å². The highest BCUT2D eigenvalue weighted by Crippen LogP contribution is 2.59. The molecule has 0 radical (unpaired) electrons. The molecule has 3 fully saturated rings. The zero-order chi connectivity index (χ0) is 23.1. The van der Waals surface area contributed by atoms with Crippen molar-refractivity contribution in [2.45, 2.75) is 63.1 Å². The number of non-ortho nitro benzene ring substituents is 1. The van der Waals surface area contributed by atoms with E-state index in [1.807, 2.05) is 0 Å². The zero-order valence-corrected chi connectivity index (χ0v) is 18.7. The van der Waals surface area contributed by atoms with E-state index in [-0.39, 0.29) is 29.1 Å². The highest BCUT2D eigenvalue weighted by atomic mass is 16.7. The Bertz CT molecular complexity index is 894. The van der Waals surface area contributed by atoms with Gasteiger partial charge in [0.25, 0.3) is 5.69 Å². The molecule has 9 nitrogen and oxygen atoms in total. The smallest absolute Gasteiger partial charge is 0.428 e. The van der Waals surface area contributed by atoms with Gasteiger partial charge in [0.15, 0.2) is 0 Å². The quantitative estimate of drug-likeness (QED) is 0.154. The number of nitro groups is 1. The van der Waals surface area contributed by atoms with Crippen molar-refractivity contribution in [3.63, 3.8) is 0 Å². The van der Waals surface area contributed by atoms with Gasteiger partial charge < -0.3 is 23.7 Å². The largest absolute Gasteiger partial charge is 0.514 e. The second-order valence-corrected chi connectivity index (χ2v) is 9.18. The minimum Gasteiger partial charge on any atom is -0.428 e. The van der Waals surface area contributed by atoms with Crippen molar-refractivity contribution in [3.8, 4) is 5.75 Å². The van der Waals surface area contributed by atoms with Gasteiger partial charge in [0, 0.05) is 19.2 Å². The Morgan fingerprint density at radius 3 is 2.56 bits per heavy atom. The molecule has 4 rings (SSSR count). The summed E-state index contributed by atoms with van der Waals surface area (Å²) in [6, 6.07) is 5.24. The second kappa shape index (κ2) is 8.46. The molecule has 1 spiro atoms. The van der Waals surface area contributed by atoms with Gasteiger partial charge in [0.05, 0.1) is 17.4 Å². The maximum atomic E-state index is 12.4. The number of hydrogen-bond donors (Lipinski definition) is 0. The third-order valence-electron chi connectivity index (χ3n) is 6.57. The fourth-order valence-corrected chi connectivity index (χ4v) is 4.82. The summed E-state index contributed by atoms with van der Waals surface area (Å²) in [5, 5.41) is 10.8. The van der Waals surface area contributed by atoms with Crippen LogP contribution >= 0.6 is 0 Å². The first-order valence-electron chi connectivity index (χ1n) is 10.8. The lowest BCUT2D eigenvalue weighted by Gasteiger charge is -2.42. The first-order valence-corrected chi connectivity index (χ1v) is 10.8. The Balaban J connectivity index is 1.44. The normalized spacial score (nSPS) is 35.8. The third kappa shape index (κ3) is 4.37. The number of nitro benzene ring substituents is 1. The van der Waals surface area contributed by atoms with Crippen molar-refractivity contribution in [1.82, 2.24) is 0 Å². The number of methoxy groups -OCH3 is 1. The van der Waals surface area contributed by atoms with Crippen LogP contribution in [-0.4, -0.2) is 54.3 Å². The predicted molar refractivity (Wildman–Crippen MR) is 113 cm³/mol. The Hall–Kier alpha value is -2.49. The number of allylic oxidation sites excluding steroid dienone is 1. The van der Waals surface area contributed by atoms with E-state index >= 15 is 0 Å². The van der Waals surface area contributed by atoms with Crippen LogP contribution in [0.1, 0.15) is 33.6 Å². The van der Waals surface area contributed by atoms with Gasteiger partial charge in [0.2, 0.25) is 0 Å². The van der Waals surface area contributed by atoms with E-state index in [4.69, 9.17) is 23.7 Å². The van der Waals surface area contributed by atoms with Crippen LogP contribution in [0.25, 0.3) is 0 Å². The van der Waals surface area contributed by atoms with E-state index in [2.05, 4.69) is 32.9 Å². The summed E-state index contributed by atoms with van der Waals surface area (Å²) in [6.45, 7) is 6.92. The summed E-state index contributed by atoms with van der Waals surface area (Å²) in [4.78, 5) is 22.7. The number of nitrogens with zero attached hydrogens (tertiary/aromatic N) is 1. The predicted octanol–water partition coefficient (Wildman–Crippen LogP) is 4.04. The molecular formula is C23H29NO8. The van der Waals surface area contributed by atoms with E-state index < -0.39 is 28.9 Å². The molecule has 2 saturated heterocycles. The molecule has 0 N–H and O–H groups in total. The van der Waals surface area contributed by atoms with Crippen LogP contribution in [0.15, 0.2) is 36.4 Å². The number of ether oxygens (including phenoxy) is 5. The van der Waals surface area contributed by atoms with E-state index in [1.165, 1.54) is 24.3 Å². The number of benzene rings is 1. The van der Waals surface area contributed by atoms with Crippen LogP contribution in [0.4, 0.5) is 10.5 Å². The van der Waals surface area contributed by atoms with Gasteiger partial charge >= 0.3 is 6.16 Å². The third-order valence-corrected chi connectivity index (χ3v) is 6.57. The fraction of sp³-hybridized carbons (Fsp3) is 0.609. The molecule has 3 aliphatic rings. The molecule has 32 heavy (non-hydrogen) atoms. The summed E-state index contributed by atoms with van der Waals surface area (Å²) in [6.07, 6.45) is 3.64. The second-order valence-electron chi connectivity index (χ2n) is 9.18. The summed E-state index contributed by atoms with van der Waals surface area (Å²) in [5.41, 5.74) is -0.876. The first-order chi connectivity index (χ1) is 15.2. The van der Waals surface area contributed by atoms with Crippen LogP contribution in [0.2, 0.25) is 0 Å². The Morgan fingerprint density at radius 1 is 1.31 bits per heavy atom. The van der Waals surface area contributed by atoms with Gasteiger partial charge in [0.1, 0.15) is 35.3 Å². The molecule has 2 heterocycles. The molecular weight excluding hydrogens is 418 g/mol. The molecule has 1 aliphatic carbocycles. The Morgan fingerprint density at radius 2 is 2.00 bits per heavy atom. The van der Waals surface area contributed by atoms with Gasteiger partial charge in [-0.15, -0.1) is 0 Å². The van der Waals surface area contributed by atoms with Crippen LogP contribution in [0.3, 0.4) is 0 Å². The highest BCUT2D eigenvalue weighted by molar-refractivity contribution is 5.64. The van der Waals surface area contributed by atoms with Gasteiger partial charge in [-0.05, 0) is 37.8 Å². The maximum absolute atomic E-state index is 12.4. The number of carbonyl (C=O) groups is 1. The molecule has 1 aromatic rings. The maximum Gasteiger partial charge on any atom is 0.514 e. The molecule has 1 saturated carbocycles. The lowest BCUT2D eigenvalue weighted by molar-refractivity contribution is -0.384. The van der Waals surface area contributed by atoms with Crippen LogP contribution in [-0.2, 0) is 18.9 Å². The SMILES string of the molecule is CO[C@H]1C([C@@]2(C)O[C@@H]2/C=C/C(C)C)[C@]2(CC[C@H]1OC(=O)Oc1ccc([N+](=O)[O-])cc1)CO2. The summed E-state index contributed by atoms with van der Waals surface area (Å²) < 4.78 is 28.7. The molecule has 1 aromatic carbocycles. The molecule has 0 amide bonds. The average molecular weight is 447 g/mol. The topological polar surface area (TPSA) is 113 Å². The fourth-order valence-electron chi connectivity index (χ4n) is 4.82.